The highest BCUT2D eigenvalue weighted by atomic mass is 14.8. The first-order valence-electron chi connectivity index (χ1n) is 12.9. The molecule has 2 N–H and O–H groups in total. The van der Waals surface area contributed by atoms with E-state index in [0.717, 1.165) is 44.4 Å². The number of nitriles is 2. The van der Waals surface area contributed by atoms with E-state index >= 15 is 0 Å². The molecule has 6 rings (SSSR count). The summed E-state index contributed by atoms with van der Waals surface area (Å²) in [5.41, 5.74) is 7.70. The topological polar surface area (TPSA) is 105 Å². The average Bonchev–Trinajstić information content (AvgIpc) is 3.55. The molecule has 0 spiro atoms. The molecular weight excluding hydrogens is 492 g/mol. The van der Waals surface area contributed by atoms with Gasteiger partial charge in [0.1, 0.15) is 23.3 Å². The van der Waals surface area contributed by atoms with E-state index in [1.54, 1.807) is 12.4 Å². The van der Waals surface area contributed by atoms with Crippen LogP contribution in [-0.4, -0.2) is 19.9 Å². The molecular formula is C34H24N6. The van der Waals surface area contributed by atoms with Crippen LogP contribution in [0.4, 0.5) is 0 Å². The molecule has 0 aliphatic rings. The van der Waals surface area contributed by atoms with Gasteiger partial charge >= 0.3 is 0 Å². The van der Waals surface area contributed by atoms with Crippen molar-refractivity contribution in [1.82, 2.24) is 19.9 Å². The van der Waals surface area contributed by atoms with Crippen LogP contribution in [0.3, 0.4) is 0 Å². The number of nitrogens with one attached hydrogen (secondary N) is 2. The van der Waals surface area contributed by atoms with Crippen molar-refractivity contribution in [3.63, 3.8) is 0 Å². The minimum absolute atomic E-state index is 0.419. The van der Waals surface area contributed by atoms with Gasteiger partial charge in [0, 0.05) is 34.3 Å². The van der Waals surface area contributed by atoms with Crippen LogP contribution in [-0.2, 0) is 0 Å². The van der Waals surface area contributed by atoms with Gasteiger partial charge in [-0.15, -0.1) is 0 Å². The van der Waals surface area contributed by atoms with E-state index in [9.17, 15) is 10.5 Å². The smallest absolute Gasteiger partial charge is 0.104 e. The maximum Gasteiger partial charge on any atom is 0.104 e. The van der Waals surface area contributed by atoms with Crippen molar-refractivity contribution in [3.05, 3.63) is 131 Å². The molecule has 0 amide bonds. The number of pyridine rings is 2. The Hall–Kier alpha value is -5.72. The minimum atomic E-state index is 0.419. The van der Waals surface area contributed by atoms with Gasteiger partial charge < -0.3 is 9.97 Å². The maximum atomic E-state index is 10.5. The number of benzene rings is 2. The van der Waals surface area contributed by atoms with Gasteiger partial charge in [-0.3, -0.25) is 9.97 Å². The van der Waals surface area contributed by atoms with E-state index in [0.29, 0.717) is 33.2 Å². The SMILES string of the molecule is Cc1ccccc1-c1[nH]/c(=C(/C#N)c2ccccn2)c2c(-c3ccccc3C)[nH]/c(=C(/C#N)c3ccccn3)c12. The second kappa shape index (κ2) is 10.2. The first kappa shape index (κ1) is 24.6. The molecule has 2 aromatic carbocycles. The van der Waals surface area contributed by atoms with Crippen LogP contribution in [0.5, 0.6) is 0 Å². The second-order valence-electron chi connectivity index (χ2n) is 9.53. The summed E-state index contributed by atoms with van der Waals surface area (Å²) in [7, 11) is 0. The van der Waals surface area contributed by atoms with Crippen molar-refractivity contribution in [2.45, 2.75) is 13.8 Å². The summed E-state index contributed by atoms with van der Waals surface area (Å²) in [5.74, 6) is 0. The van der Waals surface area contributed by atoms with Gasteiger partial charge in [0.2, 0.25) is 0 Å². The van der Waals surface area contributed by atoms with Gasteiger partial charge in [0.05, 0.1) is 33.5 Å². The van der Waals surface area contributed by atoms with Crippen LogP contribution in [0.15, 0.2) is 97.3 Å². The average molecular weight is 517 g/mol. The van der Waals surface area contributed by atoms with E-state index < -0.39 is 0 Å². The highest BCUT2D eigenvalue weighted by Gasteiger charge is 2.23. The normalized spacial score (nSPS) is 12.5. The summed E-state index contributed by atoms with van der Waals surface area (Å²) >= 11 is 0. The molecule has 0 radical (unpaired) electrons. The Kier molecular flexibility index (Phi) is 6.28. The van der Waals surface area contributed by atoms with Gasteiger partial charge in [-0.25, -0.2) is 0 Å². The number of aromatic amines is 2. The number of H-pyrrole nitrogens is 2. The van der Waals surface area contributed by atoms with Gasteiger partial charge in [0.15, 0.2) is 0 Å². The standard InChI is InChI=1S/C34H24N6/c1-21-11-3-5-13-23(21)31-29-30(34(39-31)26(20-36)28-16-8-10-18-38-28)32(24-14-6-4-12-22(24)2)40-33(29)25(19-35)27-15-7-9-17-37-27/h3-18,39-40H,1-2H3/b33-25-,34-26-. The largest absolute Gasteiger partial charge is 0.353 e. The zero-order valence-electron chi connectivity index (χ0n) is 22.0. The zero-order valence-corrected chi connectivity index (χ0v) is 22.0. The fourth-order valence-electron chi connectivity index (χ4n) is 5.24. The lowest BCUT2D eigenvalue weighted by Crippen LogP contribution is -2.11. The molecule has 4 heterocycles. The first-order valence-corrected chi connectivity index (χ1v) is 12.9. The first-order chi connectivity index (χ1) is 19.6. The molecule has 0 saturated heterocycles. The van der Waals surface area contributed by atoms with Gasteiger partial charge in [-0.2, -0.15) is 10.5 Å². The van der Waals surface area contributed by atoms with E-state index in [1.165, 1.54) is 0 Å². The molecule has 40 heavy (non-hydrogen) atoms. The second-order valence-corrected chi connectivity index (χ2v) is 9.53. The van der Waals surface area contributed by atoms with Crippen LogP contribution in [0.25, 0.3) is 44.4 Å². The summed E-state index contributed by atoms with van der Waals surface area (Å²) in [6.45, 7) is 4.11. The molecule has 6 heteroatoms. The van der Waals surface area contributed by atoms with Gasteiger partial charge in [0.25, 0.3) is 0 Å². The fraction of sp³-hybridized carbons (Fsp3) is 0.0588. The summed E-state index contributed by atoms with van der Waals surface area (Å²) in [6.07, 6.45) is 3.37. The van der Waals surface area contributed by atoms with Crippen LogP contribution in [0.2, 0.25) is 0 Å². The maximum absolute atomic E-state index is 10.5. The van der Waals surface area contributed by atoms with E-state index in [1.807, 2.05) is 72.8 Å². The summed E-state index contributed by atoms with van der Waals surface area (Å²) < 4.78 is 0. The molecule has 0 aliphatic heterocycles. The Morgan fingerprint density at radius 1 is 0.575 bits per heavy atom. The molecule has 190 valence electrons. The number of hydrogen-bond donors (Lipinski definition) is 2. The van der Waals surface area contributed by atoms with E-state index in [2.05, 4.69) is 58.1 Å². The molecule has 0 unspecified atom stereocenters. The van der Waals surface area contributed by atoms with Crippen molar-refractivity contribution < 1.29 is 0 Å². The molecule has 0 bridgehead atoms. The third kappa shape index (κ3) is 4.05. The molecule has 0 atom stereocenters. The summed E-state index contributed by atoms with van der Waals surface area (Å²) in [5, 5.41) is 23.9. The van der Waals surface area contributed by atoms with Crippen molar-refractivity contribution in [2.75, 3.05) is 0 Å². The number of aryl methyl sites for hydroxylation is 2. The number of aromatic nitrogens is 4. The summed E-state index contributed by atoms with van der Waals surface area (Å²) in [6, 6.07) is 32.1. The van der Waals surface area contributed by atoms with Crippen molar-refractivity contribution in [2.24, 2.45) is 0 Å². The summed E-state index contributed by atoms with van der Waals surface area (Å²) in [4.78, 5) is 16.2. The third-order valence-corrected chi connectivity index (χ3v) is 7.14. The Bertz CT molecular complexity index is 1930. The number of hydrogen-bond acceptors (Lipinski definition) is 4. The molecule has 6 nitrogen and oxygen atoms in total. The third-order valence-electron chi connectivity index (χ3n) is 7.14. The van der Waals surface area contributed by atoms with E-state index in [-0.39, 0.29) is 0 Å². The Labute approximate surface area is 231 Å². The highest BCUT2D eigenvalue weighted by molar-refractivity contribution is 6.08. The molecule has 0 saturated carbocycles. The Morgan fingerprint density at radius 3 is 1.32 bits per heavy atom. The van der Waals surface area contributed by atoms with Crippen LogP contribution >= 0.6 is 0 Å². The number of rotatable bonds is 4. The molecule has 6 aromatic rings. The Morgan fingerprint density at radius 2 is 0.975 bits per heavy atom. The van der Waals surface area contributed by atoms with Crippen molar-refractivity contribution >= 4 is 21.9 Å². The highest BCUT2D eigenvalue weighted by Crippen LogP contribution is 2.34. The van der Waals surface area contributed by atoms with Gasteiger partial charge in [-0.1, -0.05) is 60.7 Å². The van der Waals surface area contributed by atoms with Crippen LogP contribution in [0.1, 0.15) is 22.5 Å². The molecule has 0 aliphatic carbocycles. The van der Waals surface area contributed by atoms with Gasteiger partial charge in [-0.05, 0) is 49.2 Å². The molecule has 4 aromatic heterocycles. The number of fused-ring (bicyclic) bond motifs is 1. The zero-order chi connectivity index (χ0) is 27.6. The molecule has 0 fully saturated rings. The lowest BCUT2D eigenvalue weighted by Gasteiger charge is -2.05. The Balaban J connectivity index is 1.93. The van der Waals surface area contributed by atoms with Crippen LogP contribution in [0, 0.1) is 36.5 Å². The van der Waals surface area contributed by atoms with Crippen LogP contribution < -0.4 is 10.7 Å². The lowest BCUT2D eigenvalue weighted by molar-refractivity contribution is 1.23. The van der Waals surface area contributed by atoms with Crippen molar-refractivity contribution in [1.29, 1.82) is 10.5 Å². The predicted octanol–water partition coefficient (Wildman–Crippen LogP) is 5.68. The minimum Gasteiger partial charge on any atom is -0.353 e. The predicted molar refractivity (Wildman–Crippen MR) is 157 cm³/mol. The van der Waals surface area contributed by atoms with E-state index in [4.69, 9.17) is 0 Å². The van der Waals surface area contributed by atoms with Crippen molar-refractivity contribution in [3.8, 4) is 34.7 Å². The fourth-order valence-corrected chi connectivity index (χ4v) is 5.24. The monoisotopic (exact) mass is 516 g/mol. The number of nitrogens with zero attached hydrogens (tertiary/aromatic N) is 4. The quantitative estimate of drug-likeness (QED) is 0.314. The lowest BCUT2D eigenvalue weighted by atomic mass is 10.00.